The van der Waals surface area contributed by atoms with Crippen LogP contribution in [0.3, 0.4) is 0 Å². The molecular formula is C21H21N3O2. The molecule has 1 aliphatic carbocycles. The van der Waals surface area contributed by atoms with E-state index in [0.29, 0.717) is 30.0 Å². The molecule has 0 aliphatic heterocycles. The minimum atomic E-state index is 0.0187. The van der Waals surface area contributed by atoms with Gasteiger partial charge in [0, 0.05) is 12.0 Å². The van der Waals surface area contributed by atoms with E-state index in [1.54, 1.807) is 0 Å². The van der Waals surface area contributed by atoms with Crippen LogP contribution in [-0.2, 0) is 11.3 Å². The maximum atomic E-state index is 12.4. The van der Waals surface area contributed by atoms with Crippen LogP contribution >= 0.6 is 0 Å². The Morgan fingerprint density at radius 2 is 1.73 bits per heavy atom. The van der Waals surface area contributed by atoms with Crippen molar-refractivity contribution in [1.29, 1.82) is 0 Å². The Morgan fingerprint density at radius 1 is 1.04 bits per heavy atom. The summed E-state index contributed by atoms with van der Waals surface area (Å²) >= 11 is 0. The third-order valence-corrected chi connectivity index (χ3v) is 4.75. The average Bonchev–Trinajstić information content (AvgIpc) is 3.42. The first-order valence-corrected chi connectivity index (χ1v) is 8.99. The Kier molecular flexibility index (Phi) is 4.78. The van der Waals surface area contributed by atoms with Crippen molar-refractivity contribution in [1.82, 2.24) is 15.5 Å². The van der Waals surface area contributed by atoms with Crippen molar-refractivity contribution in [3.05, 3.63) is 72.1 Å². The van der Waals surface area contributed by atoms with E-state index < -0.39 is 0 Å². The molecule has 2 aromatic carbocycles. The van der Waals surface area contributed by atoms with Crippen molar-refractivity contribution in [3.8, 4) is 11.5 Å². The number of nitrogens with zero attached hydrogens (tertiary/aromatic N) is 2. The molecule has 1 aliphatic rings. The lowest BCUT2D eigenvalue weighted by Gasteiger charge is -2.16. The standard InChI is InChI=1S/C21H21N3O2/c25-19(13-18(16-11-12-16)15-7-3-1-4-8-15)22-14-20-23-24-21(26-20)17-9-5-2-6-10-17/h1-10,16,18H,11-14H2,(H,22,25). The Morgan fingerprint density at radius 3 is 2.42 bits per heavy atom. The smallest absolute Gasteiger partial charge is 0.247 e. The number of carbonyl (C=O) groups is 1. The molecule has 1 unspecified atom stereocenters. The molecule has 5 heteroatoms. The molecule has 0 saturated heterocycles. The van der Waals surface area contributed by atoms with Gasteiger partial charge in [-0.15, -0.1) is 10.2 Å². The van der Waals surface area contributed by atoms with E-state index in [-0.39, 0.29) is 12.5 Å². The highest BCUT2D eigenvalue weighted by Crippen LogP contribution is 2.44. The quantitative estimate of drug-likeness (QED) is 0.703. The van der Waals surface area contributed by atoms with Gasteiger partial charge in [-0.25, -0.2) is 0 Å². The number of hydrogen-bond donors (Lipinski definition) is 1. The lowest BCUT2D eigenvalue weighted by atomic mass is 9.91. The first kappa shape index (κ1) is 16.5. The van der Waals surface area contributed by atoms with Gasteiger partial charge in [-0.05, 0) is 42.4 Å². The monoisotopic (exact) mass is 347 g/mol. The summed E-state index contributed by atoms with van der Waals surface area (Å²) in [5, 5.41) is 11.0. The van der Waals surface area contributed by atoms with E-state index in [2.05, 4.69) is 27.6 Å². The summed E-state index contributed by atoms with van der Waals surface area (Å²) < 4.78 is 5.63. The van der Waals surface area contributed by atoms with Gasteiger partial charge in [0.2, 0.25) is 17.7 Å². The molecule has 26 heavy (non-hydrogen) atoms. The number of hydrogen-bond acceptors (Lipinski definition) is 4. The number of nitrogens with one attached hydrogen (secondary N) is 1. The summed E-state index contributed by atoms with van der Waals surface area (Å²) in [6, 6.07) is 19.9. The van der Waals surface area contributed by atoms with Gasteiger partial charge in [0.1, 0.15) is 0 Å². The molecule has 1 heterocycles. The first-order chi connectivity index (χ1) is 12.8. The zero-order chi connectivity index (χ0) is 17.8. The molecule has 1 fully saturated rings. The van der Waals surface area contributed by atoms with E-state index >= 15 is 0 Å². The fourth-order valence-corrected chi connectivity index (χ4v) is 3.22. The fraction of sp³-hybridized carbons (Fsp3) is 0.286. The molecule has 0 radical (unpaired) electrons. The molecule has 1 aromatic heterocycles. The second-order valence-corrected chi connectivity index (χ2v) is 6.70. The van der Waals surface area contributed by atoms with Crippen molar-refractivity contribution in [2.75, 3.05) is 0 Å². The lowest BCUT2D eigenvalue weighted by Crippen LogP contribution is -2.25. The molecule has 3 aromatic rings. The molecule has 1 saturated carbocycles. The Bertz CT molecular complexity index is 857. The molecular weight excluding hydrogens is 326 g/mol. The highest BCUT2D eigenvalue weighted by atomic mass is 16.4. The van der Waals surface area contributed by atoms with Gasteiger partial charge in [-0.2, -0.15) is 0 Å². The molecule has 5 nitrogen and oxygen atoms in total. The largest absolute Gasteiger partial charge is 0.419 e. The molecule has 0 bridgehead atoms. The van der Waals surface area contributed by atoms with Crippen LogP contribution in [0.4, 0.5) is 0 Å². The van der Waals surface area contributed by atoms with Crippen LogP contribution in [0.25, 0.3) is 11.5 Å². The highest BCUT2D eigenvalue weighted by Gasteiger charge is 2.33. The molecule has 132 valence electrons. The molecule has 4 rings (SSSR count). The SMILES string of the molecule is O=C(CC(c1ccccc1)C1CC1)NCc1nnc(-c2ccccc2)o1. The molecule has 0 spiro atoms. The van der Waals surface area contributed by atoms with E-state index in [9.17, 15) is 4.79 Å². The summed E-state index contributed by atoms with van der Waals surface area (Å²) in [5.74, 6) is 1.81. The summed E-state index contributed by atoms with van der Waals surface area (Å²) in [5.41, 5.74) is 2.12. The third kappa shape index (κ3) is 3.99. The summed E-state index contributed by atoms with van der Waals surface area (Å²) in [4.78, 5) is 12.4. The Hall–Kier alpha value is -2.95. The number of benzene rings is 2. The molecule has 1 amide bonds. The lowest BCUT2D eigenvalue weighted by molar-refractivity contribution is -0.121. The van der Waals surface area contributed by atoms with Gasteiger partial charge in [0.05, 0.1) is 6.54 Å². The summed E-state index contributed by atoms with van der Waals surface area (Å²) in [6.07, 6.45) is 2.90. The predicted molar refractivity (Wildman–Crippen MR) is 98.1 cm³/mol. The van der Waals surface area contributed by atoms with Gasteiger partial charge in [0.25, 0.3) is 0 Å². The van der Waals surface area contributed by atoms with Crippen molar-refractivity contribution in [2.45, 2.75) is 31.7 Å². The van der Waals surface area contributed by atoms with Crippen molar-refractivity contribution in [2.24, 2.45) is 5.92 Å². The number of rotatable bonds is 7. The van der Waals surface area contributed by atoms with Crippen molar-refractivity contribution >= 4 is 5.91 Å². The minimum Gasteiger partial charge on any atom is -0.419 e. The first-order valence-electron chi connectivity index (χ1n) is 8.99. The van der Waals surface area contributed by atoms with Crippen LogP contribution in [-0.4, -0.2) is 16.1 Å². The summed E-state index contributed by atoms with van der Waals surface area (Å²) in [6.45, 7) is 0.255. The van der Waals surface area contributed by atoms with Crippen LogP contribution in [0.1, 0.15) is 36.6 Å². The predicted octanol–water partition coefficient (Wildman–Crippen LogP) is 3.94. The maximum Gasteiger partial charge on any atom is 0.247 e. The number of aromatic nitrogens is 2. The van der Waals surface area contributed by atoms with Gasteiger partial charge in [-0.3, -0.25) is 4.79 Å². The van der Waals surface area contributed by atoms with Crippen LogP contribution in [0.15, 0.2) is 65.1 Å². The van der Waals surface area contributed by atoms with Crippen molar-refractivity contribution in [3.63, 3.8) is 0 Å². The van der Waals surface area contributed by atoms with Crippen molar-refractivity contribution < 1.29 is 9.21 Å². The number of carbonyl (C=O) groups excluding carboxylic acids is 1. The van der Waals surface area contributed by atoms with Crippen LogP contribution < -0.4 is 5.32 Å². The second-order valence-electron chi connectivity index (χ2n) is 6.70. The third-order valence-electron chi connectivity index (χ3n) is 4.75. The van der Waals surface area contributed by atoms with E-state index in [1.807, 2.05) is 48.5 Å². The Labute approximate surface area is 152 Å². The van der Waals surface area contributed by atoms with Crippen LogP contribution in [0.5, 0.6) is 0 Å². The van der Waals surface area contributed by atoms with E-state index in [4.69, 9.17) is 4.42 Å². The van der Waals surface area contributed by atoms with E-state index in [1.165, 1.54) is 18.4 Å². The normalized spacial score (nSPS) is 14.8. The second kappa shape index (κ2) is 7.52. The zero-order valence-electron chi connectivity index (χ0n) is 14.5. The molecule has 1 N–H and O–H groups in total. The van der Waals surface area contributed by atoms with Gasteiger partial charge < -0.3 is 9.73 Å². The van der Waals surface area contributed by atoms with Gasteiger partial charge >= 0.3 is 0 Å². The average molecular weight is 347 g/mol. The maximum absolute atomic E-state index is 12.4. The zero-order valence-corrected chi connectivity index (χ0v) is 14.5. The Balaban J connectivity index is 1.35. The van der Waals surface area contributed by atoms with Crippen LogP contribution in [0, 0.1) is 5.92 Å². The fourth-order valence-electron chi connectivity index (χ4n) is 3.22. The topological polar surface area (TPSA) is 68.0 Å². The minimum absolute atomic E-state index is 0.0187. The number of amides is 1. The van der Waals surface area contributed by atoms with E-state index in [0.717, 1.165) is 5.56 Å². The van der Waals surface area contributed by atoms with Crippen LogP contribution in [0.2, 0.25) is 0 Å². The molecule has 1 atom stereocenters. The van der Waals surface area contributed by atoms with Gasteiger partial charge in [-0.1, -0.05) is 48.5 Å². The summed E-state index contributed by atoms with van der Waals surface area (Å²) in [7, 11) is 0. The highest BCUT2D eigenvalue weighted by molar-refractivity contribution is 5.76. The van der Waals surface area contributed by atoms with Gasteiger partial charge in [0.15, 0.2) is 0 Å².